The molecular formula is C11H10CaO2Zr. The first-order chi connectivity index (χ1) is 6.29. The maximum absolute atomic E-state index is 10.8. The summed E-state index contributed by atoms with van der Waals surface area (Å²) < 4.78 is 0. The number of hydrogen-bond donors (Lipinski definition) is 1. The summed E-state index contributed by atoms with van der Waals surface area (Å²) in [5, 5.41) is 10.6. The zero-order valence-corrected chi connectivity index (χ0v) is 12.8. The molecular weight excluding hydrogens is 295 g/mol. The van der Waals surface area contributed by atoms with Gasteiger partial charge in [-0.15, -0.1) is 0 Å². The maximum atomic E-state index is 10.8. The van der Waals surface area contributed by atoms with Crippen molar-refractivity contribution in [3.63, 3.8) is 0 Å². The van der Waals surface area contributed by atoms with Gasteiger partial charge in [0.05, 0.1) is 5.56 Å². The number of fused-ring (bicyclic) bond motifs is 1. The van der Waals surface area contributed by atoms with E-state index in [0.29, 0.717) is 5.56 Å². The molecule has 0 unspecified atom stereocenters. The van der Waals surface area contributed by atoms with Crippen molar-refractivity contribution in [1.29, 1.82) is 0 Å². The van der Waals surface area contributed by atoms with Crippen LogP contribution >= 0.6 is 0 Å². The molecule has 0 atom stereocenters. The van der Waals surface area contributed by atoms with Gasteiger partial charge in [-0.2, -0.15) is 0 Å². The van der Waals surface area contributed by atoms with Gasteiger partial charge in [-0.05, 0) is 16.8 Å². The second-order valence-electron chi connectivity index (χ2n) is 2.83. The Morgan fingerprint density at radius 1 is 1.07 bits per heavy atom. The largest absolute Gasteiger partial charge is 2.00 e. The van der Waals surface area contributed by atoms with E-state index in [9.17, 15) is 4.79 Å². The average Bonchev–Trinajstić information content (AvgIpc) is 2.17. The van der Waals surface area contributed by atoms with Crippen molar-refractivity contribution in [2.75, 3.05) is 0 Å². The molecule has 0 saturated heterocycles. The molecule has 72 valence electrons. The monoisotopic (exact) mass is 304 g/mol. The molecule has 2 aromatic rings. The van der Waals surface area contributed by atoms with Crippen molar-refractivity contribution < 1.29 is 39.0 Å². The Morgan fingerprint density at radius 3 is 2.33 bits per heavy atom. The van der Waals surface area contributed by atoms with Crippen molar-refractivity contribution in [3.8, 4) is 0 Å². The summed E-state index contributed by atoms with van der Waals surface area (Å²) >= 11 is 0. The van der Waals surface area contributed by atoms with E-state index < -0.39 is 5.97 Å². The first kappa shape index (κ1) is 15.3. The van der Waals surface area contributed by atoms with Crippen LogP contribution in [0.15, 0.2) is 42.5 Å². The summed E-state index contributed by atoms with van der Waals surface area (Å²) in [4.78, 5) is 10.8. The molecule has 4 heteroatoms. The second kappa shape index (κ2) is 6.80. The van der Waals surface area contributed by atoms with Gasteiger partial charge in [0, 0.05) is 26.2 Å². The molecule has 2 nitrogen and oxygen atoms in total. The summed E-state index contributed by atoms with van der Waals surface area (Å²) in [5.41, 5.74) is 0.359. The van der Waals surface area contributed by atoms with E-state index in [1.807, 2.05) is 30.3 Å². The fourth-order valence-electron chi connectivity index (χ4n) is 1.41. The Labute approximate surface area is 140 Å². The molecule has 0 fully saturated rings. The summed E-state index contributed by atoms with van der Waals surface area (Å²) in [5.74, 6) is -0.878. The van der Waals surface area contributed by atoms with Gasteiger partial charge in [0.1, 0.15) is 0 Å². The number of carboxylic acids is 1. The number of hydrogen-bond acceptors (Lipinski definition) is 1. The second-order valence-corrected chi connectivity index (χ2v) is 2.83. The van der Waals surface area contributed by atoms with E-state index in [-0.39, 0.29) is 66.8 Å². The van der Waals surface area contributed by atoms with Crippen LogP contribution in [0.5, 0.6) is 0 Å². The van der Waals surface area contributed by atoms with E-state index in [1.165, 1.54) is 0 Å². The Bertz CT molecular complexity index is 474. The third-order valence-corrected chi connectivity index (χ3v) is 2.02. The Kier molecular flexibility index (Phi) is 6.94. The smallest absolute Gasteiger partial charge is 1.00 e. The Balaban J connectivity index is -0.000000490. The molecule has 1 N–H and O–H groups in total. The zero-order valence-electron chi connectivity index (χ0n) is 10.1. The summed E-state index contributed by atoms with van der Waals surface area (Å²) in [6.45, 7) is 0. The van der Waals surface area contributed by atoms with E-state index in [2.05, 4.69) is 0 Å². The van der Waals surface area contributed by atoms with Crippen LogP contribution in [0, 0.1) is 0 Å². The van der Waals surface area contributed by atoms with Crippen molar-refractivity contribution >= 4 is 54.5 Å². The predicted molar refractivity (Wildman–Crippen MR) is 58.9 cm³/mol. The van der Waals surface area contributed by atoms with E-state index in [4.69, 9.17) is 5.11 Å². The Morgan fingerprint density at radius 2 is 1.67 bits per heavy atom. The molecule has 15 heavy (non-hydrogen) atoms. The van der Waals surface area contributed by atoms with Gasteiger partial charge >= 0.3 is 43.7 Å². The van der Waals surface area contributed by atoms with E-state index in [1.54, 1.807) is 12.1 Å². The van der Waals surface area contributed by atoms with E-state index in [0.717, 1.165) is 10.8 Å². The quantitative estimate of drug-likeness (QED) is 0.821. The fourth-order valence-corrected chi connectivity index (χ4v) is 1.41. The molecule has 0 radical (unpaired) electrons. The van der Waals surface area contributed by atoms with Crippen LogP contribution in [0.1, 0.15) is 13.2 Å². The van der Waals surface area contributed by atoms with Gasteiger partial charge in [-0.3, -0.25) is 0 Å². The van der Waals surface area contributed by atoms with Crippen molar-refractivity contribution in [2.24, 2.45) is 0 Å². The predicted octanol–water partition coefficient (Wildman–Crippen LogP) is 2.38. The normalized spacial score (nSPS) is 8.80. The first-order valence-corrected chi connectivity index (χ1v) is 4.00. The third-order valence-electron chi connectivity index (χ3n) is 2.02. The molecule has 0 bridgehead atoms. The molecule has 0 aromatic heterocycles. The number of carbonyl (C=O) groups is 1. The van der Waals surface area contributed by atoms with Crippen LogP contribution in [0.3, 0.4) is 0 Å². The SMILES string of the molecule is O=C(O)c1cccc2ccccc12.[Ca+2].[H-].[H-].[Zr]. The molecule has 0 aliphatic heterocycles. The van der Waals surface area contributed by atoms with E-state index >= 15 is 0 Å². The number of benzene rings is 2. The molecule has 0 heterocycles. The minimum atomic E-state index is -0.878. The minimum absolute atomic E-state index is 0. The average molecular weight is 306 g/mol. The standard InChI is InChI=1S/C11H8O2.Ca.Zr.2H/c12-11(13)10-7-3-5-8-4-1-2-6-9(8)10;;;;/h1-7H,(H,12,13);;;;/q;+2;;2*-1. The zero-order chi connectivity index (χ0) is 9.26. The number of carboxylic acid groups (broad SMARTS) is 1. The van der Waals surface area contributed by atoms with Crippen LogP contribution in [0.2, 0.25) is 0 Å². The molecule has 0 spiro atoms. The van der Waals surface area contributed by atoms with Gasteiger partial charge in [0.25, 0.3) is 0 Å². The van der Waals surface area contributed by atoms with Crippen molar-refractivity contribution in [2.45, 2.75) is 0 Å². The number of aromatic carboxylic acids is 1. The van der Waals surface area contributed by atoms with Crippen molar-refractivity contribution in [1.82, 2.24) is 0 Å². The van der Waals surface area contributed by atoms with Gasteiger partial charge in [-0.1, -0.05) is 36.4 Å². The summed E-state index contributed by atoms with van der Waals surface area (Å²) in [6.07, 6.45) is 0. The maximum Gasteiger partial charge on any atom is 2.00 e. The first-order valence-electron chi connectivity index (χ1n) is 4.00. The number of rotatable bonds is 1. The van der Waals surface area contributed by atoms with Crippen LogP contribution in [-0.2, 0) is 26.2 Å². The van der Waals surface area contributed by atoms with Gasteiger partial charge in [-0.25, -0.2) is 4.79 Å². The summed E-state index contributed by atoms with van der Waals surface area (Å²) in [6, 6.07) is 12.7. The van der Waals surface area contributed by atoms with Crippen LogP contribution in [-0.4, -0.2) is 48.8 Å². The topological polar surface area (TPSA) is 37.3 Å². The van der Waals surface area contributed by atoms with Crippen LogP contribution in [0.4, 0.5) is 0 Å². The fraction of sp³-hybridized carbons (Fsp3) is 0. The van der Waals surface area contributed by atoms with Gasteiger partial charge in [0.2, 0.25) is 0 Å². The molecule has 0 aliphatic carbocycles. The Hall–Kier alpha value is 0.313. The minimum Gasteiger partial charge on any atom is -1.00 e. The van der Waals surface area contributed by atoms with Crippen molar-refractivity contribution in [3.05, 3.63) is 48.0 Å². The third kappa shape index (κ3) is 3.39. The summed E-state index contributed by atoms with van der Waals surface area (Å²) in [7, 11) is 0. The molecule has 2 rings (SSSR count). The molecule has 0 amide bonds. The van der Waals surface area contributed by atoms with Crippen LogP contribution < -0.4 is 0 Å². The molecule has 2 aromatic carbocycles. The van der Waals surface area contributed by atoms with Gasteiger partial charge in [0.15, 0.2) is 0 Å². The molecule has 0 saturated carbocycles. The molecule has 0 aliphatic rings. The van der Waals surface area contributed by atoms with Gasteiger partial charge < -0.3 is 7.96 Å². The van der Waals surface area contributed by atoms with Crippen LogP contribution in [0.25, 0.3) is 10.8 Å².